The minimum absolute atomic E-state index is 0.0197. The number of carbonyl (C=O) groups excluding carboxylic acids is 3. The van der Waals surface area contributed by atoms with Crippen LogP contribution in [0.2, 0.25) is 0 Å². The van der Waals surface area contributed by atoms with E-state index in [1.807, 2.05) is 6.92 Å². The van der Waals surface area contributed by atoms with Gasteiger partial charge in [0.25, 0.3) is 0 Å². The van der Waals surface area contributed by atoms with Crippen LogP contribution in [-0.2, 0) is 9.59 Å². The van der Waals surface area contributed by atoms with Gasteiger partial charge in [0.05, 0.1) is 5.97 Å². The summed E-state index contributed by atoms with van der Waals surface area (Å²) in [7, 11) is 0. The molecule has 6 nitrogen and oxygen atoms in total. The Morgan fingerprint density at radius 1 is 1.14 bits per heavy atom. The molecule has 1 aromatic carbocycles. The molecule has 0 aliphatic carbocycles. The third-order valence-electron chi connectivity index (χ3n) is 3.50. The fraction of sp³-hybridized carbons (Fsp3) is 0.438. The molecule has 0 aliphatic heterocycles. The van der Waals surface area contributed by atoms with E-state index in [0.29, 0.717) is 18.5 Å². The molecule has 0 saturated heterocycles. The number of carbonyl (C=O) groups is 3. The molecular weight excluding hydrogens is 286 g/mol. The predicted molar refractivity (Wildman–Crippen MR) is 76.6 cm³/mol. The molecule has 0 heterocycles. The SMILES string of the molecule is CCC[C@@H](C(=O)[O-])[C@@H](C)CC(=O)Nc1ccc(C(=O)[O-])cc1. The van der Waals surface area contributed by atoms with Crippen LogP contribution >= 0.6 is 0 Å². The number of amides is 1. The Bertz CT molecular complexity index is 538. The molecule has 0 bridgehead atoms. The second-order valence-electron chi connectivity index (χ2n) is 5.31. The monoisotopic (exact) mass is 305 g/mol. The molecule has 0 aromatic heterocycles. The van der Waals surface area contributed by atoms with Gasteiger partial charge in [0, 0.05) is 24.0 Å². The zero-order valence-corrected chi connectivity index (χ0v) is 12.6. The summed E-state index contributed by atoms with van der Waals surface area (Å²) in [5, 5.41) is 24.3. The molecule has 0 unspecified atom stereocenters. The van der Waals surface area contributed by atoms with E-state index in [4.69, 9.17) is 0 Å². The molecule has 0 radical (unpaired) electrons. The number of carboxylic acid groups (broad SMARTS) is 2. The van der Waals surface area contributed by atoms with Gasteiger partial charge in [0.15, 0.2) is 0 Å². The fourth-order valence-electron chi connectivity index (χ4n) is 2.28. The summed E-state index contributed by atoms with van der Waals surface area (Å²) >= 11 is 0. The Morgan fingerprint density at radius 2 is 1.73 bits per heavy atom. The van der Waals surface area contributed by atoms with E-state index in [9.17, 15) is 24.6 Å². The van der Waals surface area contributed by atoms with Gasteiger partial charge in [0.1, 0.15) is 0 Å². The zero-order valence-electron chi connectivity index (χ0n) is 12.6. The van der Waals surface area contributed by atoms with Crippen molar-refractivity contribution in [3.8, 4) is 0 Å². The lowest BCUT2D eigenvalue weighted by molar-refractivity contribution is -0.313. The van der Waals surface area contributed by atoms with Gasteiger partial charge in [0.2, 0.25) is 5.91 Å². The lowest BCUT2D eigenvalue weighted by atomic mass is 9.87. The molecule has 0 aliphatic rings. The standard InChI is InChI=1S/C16H21NO5/c1-3-4-13(16(21)22)10(2)9-14(18)17-12-7-5-11(6-8-12)15(19)20/h5-8,10,13H,3-4,9H2,1-2H3,(H,17,18)(H,19,20)(H,21,22)/p-2/t10-,13+/m0/s1. The highest BCUT2D eigenvalue weighted by atomic mass is 16.4. The van der Waals surface area contributed by atoms with Crippen molar-refractivity contribution in [1.29, 1.82) is 0 Å². The van der Waals surface area contributed by atoms with Crippen molar-refractivity contribution < 1.29 is 24.6 Å². The number of rotatable bonds is 8. The summed E-state index contributed by atoms with van der Waals surface area (Å²) in [4.78, 5) is 33.6. The van der Waals surface area contributed by atoms with Crippen LogP contribution in [-0.4, -0.2) is 17.8 Å². The summed E-state index contributed by atoms with van der Waals surface area (Å²) in [6, 6.07) is 5.57. The summed E-state index contributed by atoms with van der Waals surface area (Å²) in [5.41, 5.74) is 0.467. The normalized spacial score (nSPS) is 13.2. The third kappa shape index (κ3) is 5.20. The number of aromatic carboxylic acids is 1. The second kappa shape index (κ2) is 8.17. The van der Waals surface area contributed by atoms with Gasteiger partial charge in [-0.2, -0.15) is 0 Å². The summed E-state index contributed by atoms with van der Waals surface area (Å²) in [5.74, 6) is -3.75. The first-order chi connectivity index (χ1) is 10.3. The van der Waals surface area contributed by atoms with Gasteiger partial charge in [-0.25, -0.2) is 0 Å². The predicted octanol–water partition coefficient (Wildman–Crippen LogP) is 0.181. The maximum Gasteiger partial charge on any atom is 0.224 e. The highest BCUT2D eigenvalue weighted by Gasteiger charge is 2.20. The van der Waals surface area contributed by atoms with Crippen LogP contribution in [0, 0.1) is 11.8 Å². The average Bonchev–Trinajstić information content (AvgIpc) is 2.44. The topological polar surface area (TPSA) is 109 Å². The van der Waals surface area contributed by atoms with Crippen molar-refractivity contribution in [3.05, 3.63) is 29.8 Å². The smallest absolute Gasteiger partial charge is 0.224 e. The van der Waals surface area contributed by atoms with Crippen molar-refractivity contribution in [1.82, 2.24) is 0 Å². The highest BCUT2D eigenvalue weighted by molar-refractivity contribution is 5.92. The van der Waals surface area contributed by atoms with E-state index >= 15 is 0 Å². The van der Waals surface area contributed by atoms with Crippen LogP contribution in [0.4, 0.5) is 5.69 Å². The third-order valence-corrected chi connectivity index (χ3v) is 3.50. The quantitative estimate of drug-likeness (QED) is 0.737. The second-order valence-corrected chi connectivity index (χ2v) is 5.31. The molecule has 120 valence electrons. The first-order valence-corrected chi connectivity index (χ1v) is 7.17. The van der Waals surface area contributed by atoms with E-state index in [1.165, 1.54) is 24.3 Å². The van der Waals surface area contributed by atoms with Crippen LogP contribution in [0.1, 0.15) is 43.5 Å². The van der Waals surface area contributed by atoms with Crippen LogP contribution in [0.5, 0.6) is 0 Å². The Morgan fingerprint density at radius 3 is 2.18 bits per heavy atom. The van der Waals surface area contributed by atoms with Crippen LogP contribution in [0.3, 0.4) is 0 Å². The maximum atomic E-state index is 11.9. The number of anilines is 1. The molecule has 6 heteroatoms. The Hall–Kier alpha value is -2.37. The Kier molecular flexibility index (Phi) is 6.56. The molecule has 1 rings (SSSR count). The van der Waals surface area contributed by atoms with Crippen molar-refractivity contribution in [3.63, 3.8) is 0 Å². The molecule has 22 heavy (non-hydrogen) atoms. The number of aliphatic carboxylic acids is 1. The van der Waals surface area contributed by atoms with E-state index in [2.05, 4.69) is 5.32 Å². The van der Waals surface area contributed by atoms with E-state index in [1.54, 1.807) is 6.92 Å². The van der Waals surface area contributed by atoms with E-state index < -0.39 is 17.9 Å². The van der Waals surface area contributed by atoms with Crippen LogP contribution in [0.15, 0.2) is 24.3 Å². The number of nitrogens with one attached hydrogen (secondary N) is 1. The summed E-state index contributed by atoms with van der Waals surface area (Å²) < 4.78 is 0. The molecule has 1 N–H and O–H groups in total. The van der Waals surface area contributed by atoms with Gasteiger partial charge in [-0.1, -0.05) is 32.4 Å². The lowest BCUT2D eigenvalue weighted by Crippen LogP contribution is -2.36. The molecule has 2 atom stereocenters. The highest BCUT2D eigenvalue weighted by Crippen LogP contribution is 2.21. The van der Waals surface area contributed by atoms with Gasteiger partial charge in [-0.3, -0.25) is 4.79 Å². The fourth-order valence-corrected chi connectivity index (χ4v) is 2.28. The van der Waals surface area contributed by atoms with Crippen molar-refractivity contribution in [2.45, 2.75) is 33.1 Å². The molecule has 1 aromatic rings. The van der Waals surface area contributed by atoms with Crippen molar-refractivity contribution >= 4 is 23.5 Å². The van der Waals surface area contributed by atoms with E-state index in [-0.39, 0.29) is 23.8 Å². The minimum atomic E-state index is -1.29. The van der Waals surface area contributed by atoms with Crippen molar-refractivity contribution in [2.75, 3.05) is 5.32 Å². The lowest BCUT2D eigenvalue weighted by Gasteiger charge is -2.24. The molecule has 1 amide bonds. The number of hydrogen-bond acceptors (Lipinski definition) is 5. The molecule has 0 fully saturated rings. The van der Waals surface area contributed by atoms with Gasteiger partial charge < -0.3 is 25.1 Å². The largest absolute Gasteiger partial charge is 0.550 e. The first kappa shape index (κ1) is 17.7. The zero-order chi connectivity index (χ0) is 16.7. The van der Waals surface area contributed by atoms with E-state index in [0.717, 1.165) is 0 Å². The van der Waals surface area contributed by atoms with Gasteiger partial charge in [-0.05, 0) is 30.0 Å². The first-order valence-electron chi connectivity index (χ1n) is 7.17. The molecule has 0 spiro atoms. The number of carboxylic acids is 2. The van der Waals surface area contributed by atoms with Gasteiger partial charge in [-0.15, -0.1) is 0 Å². The Labute approximate surface area is 129 Å². The average molecular weight is 305 g/mol. The maximum absolute atomic E-state index is 11.9. The molecular formula is C16H19NO5-2. The number of hydrogen-bond donors (Lipinski definition) is 1. The van der Waals surface area contributed by atoms with Crippen molar-refractivity contribution in [2.24, 2.45) is 11.8 Å². The summed E-state index contributed by atoms with van der Waals surface area (Å²) in [6.45, 7) is 3.58. The van der Waals surface area contributed by atoms with Gasteiger partial charge >= 0.3 is 0 Å². The minimum Gasteiger partial charge on any atom is -0.550 e. The molecule has 0 saturated carbocycles. The van der Waals surface area contributed by atoms with Crippen LogP contribution in [0.25, 0.3) is 0 Å². The number of benzene rings is 1. The van der Waals surface area contributed by atoms with Crippen LogP contribution < -0.4 is 15.5 Å². The Balaban J connectivity index is 2.61. The summed E-state index contributed by atoms with van der Waals surface area (Å²) in [6.07, 6.45) is 1.23.